The maximum absolute atomic E-state index is 12.6. The van der Waals surface area contributed by atoms with Gasteiger partial charge in [0.25, 0.3) is 5.91 Å². The highest BCUT2D eigenvalue weighted by molar-refractivity contribution is 6.00. The zero-order chi connectivity index (χ0) is 20.1. The second kappa shape index (κ2) is 10.6. The molecule has 2 heterocycles. The first-order valence-corrected chi connectivity index (χ1v) is 10.1. The standard InChI is InChI=1S/C21H29N3O4.ClH/c1-14(11-20(26)27)24-13-16-5-6-17(12-18(16)21(24)28)23-19(25)4-2-3-15-7-9-22-10-8-15;/h5-6,12,14-15,22H,2-4,7-11,13H2,1H3,(H,23,25)(H,26,27);1H. The molecule has 3 rings (SSSR count). The summed E-state index contributed by atoms with van der Waals surface area (Å²) in [4.78, 5) is 37.4. The summed E-state index contributed by atoms with van der Waals surface area (Å²) in [6, 6.07) is 4.98. The van der Waals surface area contributed by atoms with Crippen molar-refractivity contribution in [3.63, 3.8) is 0 Å². The highest BCUT2D eigenvalue weighted by Crippen LogP contribution is 2.28. The van der Waals surface area contributed by atoms with E-state index in [1.54, 1.807) is 17.9 Å². The maximum atomic E-state index is 12.6. The Morgan fingerprint density at radius 3 is 2.72 bits per heavy atom. The van der Waals surface area contributed by atoms with Gasteiger partial charge in [0.15, 0.2) is 0 Å². The highest BCUT2D eigenvalue weighted by Gasteiger charge is 2.31. The number of fused-ring (bicyclic) bond motifs is 1. The minimum atomic E-state index is -0.923. The van der Waals surface area contributed by atoms with Crippen LogP contribution in [0.1, 0.15) is 61.4 Å². The first-order chi connectivity index (χ1) is 13.4. The predicted molar refractivity (Wildman–Crippen MR) is 113 cm³/mol. The molecular weight excluding hydrogens is 394 g/mol. The van der Waals surface area contributed by atoms with Crippen LogP contribution in [0.3, 0.4) is 0 Å². The van der Waals surface area contributed by atoms with Gasteiger partial charge in [-0.2, -0.15) is 0 Å². The van der Waals surface area contributed by atoms with E-state index in [9.17, 15) is 14.4 Å². The highest BCUT2D eigenvalue weighted by atomic mass is 35.5. The van der Waals surface area contributed by atoms with Crippen LogP contribution >= 0.6 is 12.4 Å². The zero-order valence-electron chi connectivity index (χ0n) is 16.8. The van der Waals surface area contributed by atoms with Crippen LogP contribution in [0.5, 0.6) is 0 Å². The van der Waals surface area contributed by atoms with Gasteiger partial charge >= 0.3 is 5.97 Å². The van der Waals surface area contributed by atoms with Gasteiger partial charge in [-0.05, 0) is 69.3 Å². The van der Waals surface area contributed by atoms with Crippen molar-refractivity contribution < 1.29 is 19.5 Å². The Morgan fingerprint density at radius 1 is 1.31 bits per heavy atom. The summed E-state index contributed by atoms with van der Waals surface area (Å²) in [5.41, 5.74) is 2.03. The Kier molecular flexibility index (Phi) is 8.46. The van der Waals surface area contributed by atoms with Crippen LogP contribution in [0, 0.1) is 5.92 Å². The van der Waals surface area contributed by atoms with E-state index in [-0.39, 0.29) is 36.7 Å². The lowest BCUT2D eigenvalue weighted by Gasteiger charge is -2.22. The molecule has 0 spiro atoms. The Bertz CT molecular complexity index is 749. The normalized spacial score (nSPS) is 17.4. The third-order valence-electron chi connectivity index (χ3n) is 5.70. The van der Waals surface area contributed by atoms with Crippen LogP contribution in [-0.4, -0.2) is 46.9 Å². The number of carboxylic acid groups (broad SMARTS) is 1. The van der Waals surface area contributed by atoms with E-state index in [2.05, 4.69) is 10.6 Å². The molecule has 0 aliphatic carbocycles. The molecule has 0 saturated carbocycles. The van der Waals surface area contributed by atoms with E-state index in [1.165, 1.54) is 12.8 Å². The van der Waals surface area contributed by atoms with E-state index >= 15 is 0 Å². The second-order valence-corrected chi connectivity index (χ2v) is 7.89. The summed E-state index contributed by atoms with van der Waals surface area (Å²) in [5.74, 6) is -0.416. The summed E-state index contributed by atoms with van der Waals surface area (Å²) >= 11 is 0. The number of anilines is 1. The molecule has 160 valence electrons. The minimum absolute atomic E-state index is 0. The fraction of sp³-hybridized carbons (Fsp3) is 0.571. The number of amides is 2. The lowest BCUT2D eigenvalue weighted by atomic mass is 9.92. The summed E-state index contributed by atoms with van der Waals surface area (Å²) < 4.78 is 0. The third kappa shape index (κ3) is 6.18. The van der Waals surface area contributed by atoms with Crippen molar-refractivity contribution in [2.45, 2.75) is 58.0 Å². The monoisotopic (exact) mass is 423 g/mol. The zero-order valence-corrected chi connectivity index (χ0v) is 17.6. The van der Waals surface area contributed by atoms with Crippen LogP contribution in [0.25, 0.3) is 0 Å². The Labute approximate surface area is 177 Å². The van der Waals surface area contributed by atoms with Crippen LogP contribution in [0.15, 0.2) is 18.2 Å². The van der Waals surface area contributed by atoms with Gasteiger partial charge in [-0.15, -0.1) is 12.4 Å². The molecule has 0 bridgehead atoms. The van der Waals surface area contributed by atoms with Crippen LogP contribution in [0.2, 0.25) is 0 Å². The fourth-order valence-corrected chi connectivity index (χ4v) is 4.07. The van der Waals surface area contributed by atoms with Crippen molar-refractivity contribution in [1.29, 1.82) is 0 Å². The van der Waals surface area contributed by atoms with Crippen molar-refractivity contribution in [3.05, 3.63) is 29.3 Å². The van der Waals surface area contributed by atoms with Gasteiger partial charge in [0.05, 0.1) is 6.42 Å². The Balaban J connectivity index is 0.00000300. The van der Waals surface area contributed by atoms with Crippen molar-refractivity contribution in [3.8, 4) is 0 Å². The molecule has 1 atom stereocenters. The minimum Gasteiger partial charge on any atom is -0.481 e. The number of aliphatic carboxylic acids is 1. The van der Waals surface area contributed by atoms with E-state index in [0.717, 1.165) is 31.5 Å². The molecule has 1 fully saturated rings. The number of carbonyl (C=O) groups excluding carboxylic acids is 2. The average molecular weight is 424 g/mol. The van der Waals surface area contributed by atoms with Crippen molar-refractivity contribution in [1.82, 2.24) is 10.2 Å². The van der Waals surface area contributed by atoms with Crippen molar-refractivity contribution in [2.75, 3.05) is 18.4 Å². The van der Waals surface area contributed by atoms with Crippen LogP contribution in [0.4, 0.5) is 5.69 Å². The van der Waals surface area contributed by atoms with Gasteiger partial charge in [0.2, 0.25) is 5.91 Å². The van der Waals surface area contributed by atoms with E-state index in [4.69, 9.17) is 5.11 Å². The largest absolute Gasteiger partial charge is 0.481 e. The van der Waals surface area contributed by atoms with Gasteiger partial charge in [0.1, 0.15) is 0 Å². The summed E-state index contributed by atoms with van der Waals surface area (Å²) in [6.07, 6.45) is 4.73. The third-order valence-corrected chi connectivity index (χ3v) is 5.70. The topological polar surface area (TPSA) is 98.7 Å². The van der Waals surface area contributed by atoms with Gasteiger partial charge in [-0.25, -0.2) is 0 Å². The molecule has 2 aliphatic heterocycles. The second-order valence-electron chi connectivity index (χ2n) is 7.89. The van der Waals surface area contributed by atoms with E-state index in [1.807, 2.05) is 12.1 Å². The molecule has 1 saturated heterocycles. The number of carbonyl (C=O) groups is 3. The summed E-state index contributed by atoms with van der Waals surface area (Å²) in [6.45, 7) is 4.29. The van der Waals surface area contributed by atoms with Gasteiger partial charge < -0.3 is 20.6 Å². The molecular formula is C21H30ClN3O4. The Morgan fingerprint density at radius 2 is 2.03 bits per heavy atom. The van der Waals surface area contributed by atoms with Crippen LogP contribution in [-0.2, 0) is 16.1 Å². The summed E-state index contributed by atoms with van der Waals surface area (Å²) in [7, 11) is 0. The molecule has 0 aromatic heterocycles. The molecule has 7 nitrogen and oxygen atoms in total. The first-order valence-electron chi connectivity index (χ1n) is 10.1. The number of carboxylic acids is 1. The predicted octanol–water partition coefficient (Wildman–Crippen LogP) is 3.04. The maximum Gasteiger partial charge on any atom is 0.305 e. The average Bonchev–Trinajstić information content (AvgIpc) is 2.99. The number of piperidine rings is 1. The number of hydrogen-bond donors (Lipinski definition) is 3. The number of hydrogen-bond acceptors (Lipinski definition) is 4. The number of benzene rings is 1. The lowest BCUT2D eigenvalue weighted by molar-refractivity contribution is -0.138. The molecule has 1 aromatic rings. The van der Waals surface area contributed by atoms with Crippen molar-refractivity contribution >= 4 is 35.9 Å². The number of rotatable bonds is 8. The fourth-order valence-electron chi connectivity index (χ4n) is 4.07. The van der Waals surface area contributed by atoms with Gasteiger partial charge in [-0.3, -0.25) is 14.4 Å². The molecule has 8 heteroatoms. The molecule has 3 N–H and O–H groups in total. The molecule has 1 aromatic carbocycles. The Hall–Kier alpha value is -2.12. The first kappa shape index (κ1) is 23.2. The SMILES string of the molecule is CC(CC(=O)O)N1Cc2ccc(NC(=O)CCCC3CCNCC3)cc2C1=O.Cl. The van der Waals surface area contributed by atoms with Crippen LogP contribution < -0.4 is 10.6 Å². The molecule has 2 amide bonds. The van der Waals surface area contributed by atoms with E-state index < -0.39 is 5.97 Å². The lowest BCUT2D eigenvalue weighted by Crippen LogP contribution is -2.34. The molecule has 29 heavy (non-hydrogen) atoms. The van der Waals surface area contributed by atoms with Gasteiger partial charge in [-0.1, -0.05) is 6.07 Å². The number of nitrogens with one attached hydrogen (secondary N) is 2. The van der Waals surface area contributed by atoms with Gasteiger partial charge in [0, 0.05) is 30.3 Å². The molecule has 2 aliphatic rings. The number of halogens is 1. The molecule has 1 unspecified atom stereocenters. The molecule has 0 radical (unpaired) electrons. The smallest absolute Gasteiger partial charge is 0.305 e. The summed E-state index contributed by atoms with van der Waals surface area (Å²) in [5, 5.41) is 15.2. The quantitative estimate of drug-likeness (QED) is 0.596. The van der Waals surface area contributed by atoms with E-state index in [0.29, 0.717) is 30.1 Å². The number of nitrogens with zero attached hydrogens (tertiary/aromatic N) is 1. The van der Waals surface area contributed by atoms with Crippen molar-refractivity contribution in [2.24, 2.45) is 5.92 Å².